The summed E-state index contributed by atoms with van der Waals surface area (Å²) in [7, 11) is 0. The standard InChI is InChI=1S/C119H160N4O6S4/c1-9-17-25-33-38-48-60-88(56-44-30-22-14-6)84-120-112(108-110(118(120)126)114(122(116(108)124)86-90(58-46-32-24-16-8)62-50-40-35-27-19-11-3)98-74-72-96(128-98)102-78-82-106(132-102)104-80-76-100(130-104)92-64-52-42-53-65-92)94-68-70-95(71-69-94)113-109-111(119(127)121(113)85-89(57-45-31-23-15-7)61-49-39-34-26-18-10-2)115(123(117(109)125)87-91(59-47-37-29-21-13-5)63-51-41-36-28-20-12-4)99-75-73-97(129-99)103-79-83-107(133-103)105-81-77-101(131-105)93-66-54-43-55-67-93/h42-43,52-55,64-83,88-91H,9-41,44-51,56-63,84-87H2,1-8H3. The van der Waals surface area contributed by atoms with E-state index in [1.807, 2.05) is 31.7 Å². The van der Waals surface area contributed by atoms with Gasteiger partial charge >= 0.3 is 0 Å². The van der Waals surface area contributed by atoms with Crippen molar-refractivity contribution >= 4 is 91.8 Å². The van der Waals surface area contributed by atoms with Gasteiger partial charge in [0.2, 0.25) is 0 Å². The smallest absolute Gasteiger partial charge is 0.261 e. The third kappa shape index (κ3) is 27.9. The van der Waals surface area contributed by atoms with Gasteiger partial charge in [-0.25, -0.2) is 0 Å². The van der Waals surface area contributed by atoms with Crippen LogP contribution in [-0.2, 0) is 19.2 Å². The third-order valence-corrected chi connectivity index (χ3v) is 33.6. The third-order valence-electron chi connectivity index (χ3n) is 28.7. The summed E-state index contributed by atoms with van der Waals surface area (Å²) in [6.45, 7) is 20.2. The second-order valence-corrected chi connectivity index (χ2v) is 43.6. The number of fused-ring (bicyclic) bond motifs is 2. The van der Waals surface area contributed by atoms with Crippen LogP contribution in [0.15, 0.2) is 189 Å². The van der Waals surface area contributed by atoms with Gasteiger partial charge in [-0.15, -0.1) is 45.3 Å². The summed E-state index contributed by atoms with van der Waals surface area (Å²) in [5.74, 6) is 2.78. The first-order valence-corrected chi connectivity index (χ1v) is 56.7. The molecule has 4 atom stereocenters. The van der Waals surface area contributed by atoms with Crippen LogP contribution in [0.25, 0.3) is 84.5 Å². The topological polar surface area (TPSA) is 108 Å². The fourth-order valence-corrected chi connectivity index (χ4v) is 25.2. The number of nitrogens with zero attached hydrogens (tertiary/aromatic N) is 4. The van der Waals surface area contributed by atoms with E-state index in [1.54, 1.807) is 45.3 Å². The predicted molar refractivity (Wildman–Crippen MR) is 568 cm³/mol. The average molecular weight is 1870 g/mol. The van der Waals surface area contributed by atoms with Crippen LogP contribution < -0.4 is 0 Å². The van der Waals surface area contributed by atoms with Crippen molar-refractivity contribution in [1.82, 2.24) is 19.6 Å². The second-order valence-electron chi connectivity index (χ2n) is 39.3. The molecule has 0 fully saturated rings. The molecule has 0 radical (unpaired) electrons. The van der Waals surface area contributed by atoms with Crippen LogP contribution in [0, 0.1) is 23.7 Å². The lowest BCUT2D eigenvalue weighted by molar-refractivity contribution is -0.124. The maximum atomic E-state index is 17.0. The number of unbranched alkanes of at least 4 members (excludes halogenated alkanes) is 33. The van der Waals surface area contributed by atoms with Crippen molar-refractivity contribution in [2.24, 2.45) is 23.7 Å². The summed E-state index contributed by atoms with van der Waals surface area (Å²) < 4.78 is 14.6. The Hall–Kier alpha value is -8.14. The van der Waals surface area contributed by atoms with Gasteiger partial charge in [0.05, 0.1) is 43.4 Å². The molecule has 4 aliphatic heterocycles. The molecule has 0 spiro atoms. The lowest BCUT2D eigenvalue weighted by Crippen LogP contribution is -2.35. The van der Waals surface area contributed by atoms with Crippen molar-refractivity contribution in [3.8, 4) is 61.7 Å². The van der Waals surface area contributed by atoms with Crippen LogP contribution in [0.2, 0.25) is 0 Å². The molecule has 0 N–H and O–H groups in total. The molecule has 4 unspecified atom stereocenters. The summed E-state index contributed by atoms with van der Waals surface area (Å²) in [4.78, 5) is 85.3. The summed E-state index contributed by atoms with van der Waals surface area (Å²) in [5.41, 5.74) is 8.29. The van der Waals surface area contributed by atoms with E-state index in [0.717, 1.165) is 204 Å². The van der Waals surface area contributed by atoms with Gasteiger partial charge in [-0.1, -0.05) is 404 Å². The van der Waals surface area contributed by atoms with Crippen LogP contribution in [0.5, 0.6) is 0 Å². The van der Waals surface area contributed by atoms with Crippen LogP contribution in [0.1, 0.15) is 393 Å². The van der Waals surface area contributed by atoms with Crippen LogP contribution in [0.4, 0.5) is 0 Å². The molecule has 3 aromatic carbocycles. The number of hydrogen-bond donors (Lipinski definition) is 0. The molecule has 9 aromatic rings. The Bertz CT molecular complexity index is 5110. The van der Waals surface area contributed by atoms with E-state index < -0.39 is 0 Å². The first kappa shape index (κ1) is 102. The molecule has 10 nitrogen and oxygen atoms in total. The first-order chi connectivity index (χ1) is 65.4. The largest absolute Gasteiger partial charge is 0.454 e. The molecular weight excluding hydrogens is 1710 g/mol. The Labute approximate surface area is 817 Å². The molecule has 0 saturated heterocycles. The number of benzene rings is 3. The predicted octanol–water partition coefficient (Wildman–Crippen LogP) is 36.5. The van der Waals surface area contributed by atoms with Crippen molar-refractivity contribution in [1.29, 1.82) is 0 Å². The SMILES string of the molecule is CCCCCCCCC(CCCCCC)CN1C(=O)C2=C(c3ccc(-c4ccc(-c5ccc(-c6ccccc6)s5)s4)o3)N(CC(CCCCCC)CCCCCCCC)C(=O)C2=C1c1ccc(C2=C3C(=O)N(CC(CCCCCCC)CCCCCCCC)C(c4ccc(-c5ccc(-c6ccc(-c7ccccc7)s6)s5)o4)=C3C(=O)N2CC(CCCCCC)CCCCCCCC)cc1. The highest BCUT2D eigenvalue weighted by molar-refractivity contribution is 7.25. The molecule has 716 valence electrons. The average Bonchev–Trinajstić information content (AvgIpc) is 1.55. The number of amides is 4. The van der Waals surface area contributed by atoms with E-state index in [1.165, 1.54) is 172 Å². The second kappa shape index (κ2) is 54.7. The summed E-state index contributed by atoms with van der Waals surface area (Å²) in [6, 6.07) is 55.6. The van der Waals surface area contributed by atoms with E-state index in [9.17, 15) is 0 Å². The zero-order valence-electron chi connectivity index (χ0n) is 82.7. The number of furan rings is 2. The Kier molecular flexibility index (Phi) is 42.1. The fourth-order valence-electron chi connectivity index (χ4n) is 21.1. The Morgan fingerprint density at radius 1 is 0.203 bits per heavy atom. The van der Waals surface area contributed by atoms with Crippen molar-refractivity contribution < 1.29 is 28.0 Å². The van der Waals surface area contributed by atoms with Crippen molar-refractivity contribution in [3.63, 3.8) is 0 Å². The van der Waals surface area contributed by atoms with Gasteiger partial charge < -0.3 is 28.4 Å². The molecule has 13 rings (SSSR count). The minimum absolute atomic E-state index is 0.134. The molecule has 14 heteroatoms. The van der Waals surface area contributed by atoms with Crippen LogP contribution in [-0.4, -0.2) is 69.4 Å². The molecule has 6 aromatic heterocycles. The number of thiophene rings is 4. The summed E-state index contributed by atoms with van der Waals surface area (Å²) in [6.07, 6.45) is 56.0. The fraction of sp³-hybridized carbons (Fsp3) is 0.546. The number of carbonyl (C=O) groups excluding carboxylic acids is 4. The van der Waals surface area contributed by atoms with E-state index in [0.29, 0.717) is 94.3 Å². The van der Waals surface area contributed by atoms with Crippen molar-refractivity contribution in [2.75, 3.05) is 26.2 Å². The quantitative estimate of drug-likeness (QED) is 0.0352. The Morgan fingerprint density at radius 3 is 0.669 bits per heavy atom. The Balaban J connectivity index is 0.968. The van der Waals surface area contributed by atoms with Gasteiger partial charge in [-0.3, -0.25) is 19.2 Å². The van der Waals surface area contributed by atoms with Crippen molar-refractivity contribution in [2.45, 2.75) is 370 Å². The maximum absolute atomic E-state index is 17.0. The number of rotatable bonds is 67. The minimum Gasteiger partial charge on any atom is -0.454 e. The molecule has 133 heavy (non-hydrogen) atoms. The zero-order valence-corrected chi connectivity index (χ0v) is 85.9. The lowest BCUT2D eigenvalue weighted by atomic mass is 9.92. The monoisotopic (exact) mass is 1870 g/mol. The van der Waals surface area contributed by atoms with Crippen molar-refractivity contribution in [3.05, 3.63) is 203 Å². The van der Waals surface area contributed by atoms with E-state index >= 15 is 19.2 Å². The lowest BCUT2D eigenvalue weighted by Gasteiger charge is -2.30. The molecule has 0 aliphatic carbocycles. The number of carbonyl (C=O) groups is 4. The van der Waals surface area contributed by atoms with Gasteiger partial charge in [0.15, 0.2) is 11.5 Å². The maximum Gasteiger partial charge on any atom is 0.261 e. The highest BCUT2D eigenvalue weighted by Gasteiger charge is 2.53. The Morgan fingerprint density at radius 2 is 0.406 bits per heavy atom. The van der Waals surface area contributed by atoms with Crippen LogP contribution >= 0.6 is 45.3 Å². The molecule has 0 saturated carbocycles. The molecule has 4 aliphatic rings. The molecular formula is C119H160N4O6S4. The highest BCUT2D eigenvalue weighted by Crippen LogP contribution is 2.53. The first-order valence-electron chi connectivity index (χ1n) is 53.5. The van der Waals surface area contributed by atoms with Crippen LogP contribution in [0.3, 0.4) is 0 Å². The highest BCUT2D eigenvalue weighted by atomic mass is 32.1. The summed E-state index contributed by atoms with van der Waals surface area (Å²) >= 11 is 7.02. The van der Waals surface area contributed by atoms with Gasteiger partial charge in [0.1, 0.15) is 22.9 Å². The normalized spacial score (nSPS) is 15.1. The molecule has 10 heterocycles. The van der Waals surface area contributed by atoms with E-state index in [4.69, 9.17) is 8.83 Å². The molecule has 4 amide bonds. The van der Waals surface area contributed by atoms with Gasteiger partial charge in [0.25, 0.3) is 23.6 Å². The van der Waals surface area contributed by atoms with Gasteiger partial charge in [0, 0.05) is 55.4 Å². The van der Waals surface area contributed by atoms with E-state index in [-0.39, 0.29) is 47.3 Å². The van der Waals surface area contributed by atoms with Gasteiger partial charge in [-0.05, 0) is 170 Å². The minimum atomic E-state index is -0.136. The zero-order chi connectivity index (χ0) is 92.9. The summed E-state index contributed by atoms with van der Waals surface area (Å²) in [5, 5.41) is 0. The molecule has 0 bridgehead atoms. The van der Waals surface area contributed by atoms with E-state index in [2.05, 4.69) is 201 Å². The number of hydrogen-bond acceptors (Lipinski definition) is 10. The van der Waals surface area contributed by atoms with Gasteiger partial charge in [-0.2, -0.15) is 0 Å².